The monoisotopic (exact) mass is 176 g/mol. The van der Waals surface area contributed by atoms with E-state index in [0.29, 0.717) is 12.0 Å². The zero-order chi connectivity index (χ0) is 9.26. The van der Waals surface area contributed by atoms with Gasteiger partial charge in [0.05, 0.1) is 6.07 Å². The molecule has 2 aliphatic rings. The Bertz CT molecular complexity index is 278. The Kier molecular flexibility index (Phi) is 2.17. The Morgan fingerprint density at radius 2 is 2.15 bits per heavy atom. The van der Waals surface area contributed by atoms with E-state index >= 15 is 0 Å². The van der Waals surface area contributed by atoms with Gasteiger partial charge in [-0.05, 0) is 0 Å². The third-order valence-corrected chi connectivity index (χ3v) is 2.58. The number of rotatable bonds is 1. The molecule has 0 aromatic rings. The summed E-state index contributed by atoms with van der Waals surface area (Å²) >= 11 is 0. The molecule has 3 nitrogen and oxygen atoms in total. The highest BCUT2D eigenvalue weighted by Crippen LogP contribution is 2.28. The molecule has 2 unspecified atom stereocenters. The SMILES string of the molecule is CN1OC(C#N)CC1C1C=CC=C1. The van der Waals surface area contributed by atoms with E-state index in [1.807, 2.05) is 19.2 Å². The van der Waals surface area contributed by atoms with Crippen LogP contribution in [0.1, 0.15) is 6.42 Å². The lowest BCUT2D eigenvalue weighted by molar-refractivity contribution is -0.131. The minimum atomic E-state index is -0.266. The van der Waals surface area contributed by atoms with Crippen molar-refractivity contribution in [2.24, 2.45) is 5.92 Å². The summed E-state index contributed by atoms with van der Waals surface area (Å²) in [6.45, 7) is 0. The summed E-state index contributed by atoms with van der Waals surface area (Å²) in [5.74, 6) is 0.406. The van der Waals surface area contributed by atoms with Crippen LogP contribution in [0.15, 0.2) is 24.3 Å². The van der Waals surface area contributed by atoms with E-state index in [4.69, 9.17) is 10.1 Å². The Balaban J connectivity index is 2.05. The third kappa shape index (κ3) is 1.51. The summed E-state index contributed by atoms with van der Waals surface area (Å²) in [6, 6.07) is 2.45. The summed E-state index contributed by atoms with van der Waals surface area (Å²) in [4.78, 5) is 5.34. The van der Waals surface area contributed by atoms with Gasteiger partial charge in [-0.2, -0.15) is 10.3 Å². The molecule has 0 saturated carbocycles. The van der Waals surface area contributed by atoms with Crippen molar-refractivity contribution in [1.29, 1.82) is 5.26 Å². The number of hydrogen-bond acceptors (Lipinski definition) is 3. The van der Waals surface area contributed by atoms with Gasteiger partial charge in [-0.1, -0.05) is 24.3 Å². The van der Waals surface area contributed by atoms with Crippen molar-refractivity contribution in [3.05, 3.63) is 24.3 Å². The number of hydrogen-bond donors (Lipinski definition) is 0. The van der Waals surface area contributed by atoms with Gasteiger partial charge in [0.15, 0.2) is 6.10 Å². The van der Waals surface area contributed by atoms with Gasteiger partial charge in [-0.25, -0.2) is 0 Å². The van der Waals surface area contributed by atoms with Crippen molar-refractivity contribution in [3.63, 3.8) is 0 Å². The molecule has 1 heterocycles. The first-order valence-electron chi connectivity index (χ1n) is 4.45. The molecule has 1 aliphatic heterocycles. The average Bonchev–Trinajstić information content (AvgIpc) is 2.72. The molecule has 13 heavy (non-hydrogen) atoms. The maximum Gasteiger partial charge on any atom is 0.167 e. The molecular formula is C10H12N2O. The van der Waals surface area contributed by atoms with Crippen LogP contribution >= 0.6 is 0 Å². The normalized spacial score (nSPS) is 34.2. The first-order valence-corrected chi connectivity index (χ1v) is 4.45. The summed E-state index contributed by atoms with van der Waals surface area (Å²) < 4.78 is 0. The highest BCUT2D eigenvalue weighted by Gasteiger charge is 2.34. The van der Waals surface area contributed by atoms with Gasteiger partial charge >= 0.3 is 0 Å². The van der Waals surface area contributed by atoms with E-state index in [9.17, 15) is 0 Å². The average molecular weight is 176 g/mol. The second-order valence-corrected chi connectivity index (χ2v) is 3.42. The highest BCUT2D eigenvalue weighted by atomic mass is 16.7. The van der Waals surface area contributed by atoms with Crippen LogP contribution in [-0.2, 0) is 4.84 Å². The van der Waals surface area contributed by atoms with E-state index in [-0.39, 0.29) is 6.10 Å². The minimum Gasteiger partial charge on any atom is -0.280 e. The van der Waals surface area contributed by atoms with E-state index in [1.165, 1.54) is 0 Å². The fourth-order valence-corrected chi connectivity index (χ4v) is 1.87. The van der Waals surface area contributed by atoms with E-state index in [2.05, 4.69) is 18.2 Å². The quantitative estimate of drug-likeness (QED) is 0.603. The van der Waals surface area contributed by atoms with Crippen LogP contribution in [0.3, 0.4) is 0 Å². The van der Waals surface area contributed by atoms with E-state index < -0.39 is 0 Å². The Morgan fingerprint density at radius 3 is 2.69 bits per heavy atom. The van der Waals surface area contributed by atoms with Crippen molar-refractivity contribution in [2.45, 2.75) is 18.6 Å². The molecule has 1 saturated heterocycles. The predicted octanol–water partition coefficient (Wildman–Crippen LogP) is 1.26. The molecular weight excluding hydrogens is 164 g/mol. The maximum atomic E-state index is 8.71. The Morgan fingerprint density at radius 1 is 1.46 bits per heavy atom. The molecule has 1 fully saturated rings. The fraction of sp³-hybridized carbons (Fsp3) is 0.500. The van der Waals surface area contributed by atoms with Gasteiger partial charge in [-0.15, -0.1) is 0 Å². The Labute approximate surface area is 77.9 Å². The maximum absolute atomic E-state index is 8.71. The largest absolute Gasteiger partial charge is 0.280 e. The van der Waals surface area contributed by atoms with E-state index in [1.54, 1.807) is 5.06 Å². The summed E-state index contributed by atoms with van der Waals surface area (Å²) in [7, 11) is 1.89. The molecule has 0 aromatic heterocycles. The van der Waals surface area contributed by atoms with Crippen molar-refractivity contribution in [3.8, 4) is 6.07 Å². The summed E-state index contributed by atoms with van der Waals surface area (Å²) in [5, 5.41) is 10.5. The first kappa shape index (κ1) is 8.49. The number of nitriles is 1. The third-order valence-electron chi connectivity index (χ3n) is 2.58. The van der Waals surface area contributed by atoms with Gasteiger partial charge in [-0.3, -0.25) is 4.84 Å². The minimum absolute atomic E-state index is 0.266. The van der Waals surface area contributed by atoms with Crippen LogP contribution in [-0.4, -0.2) is 24.3 Å². The molecule has 2 atom stereocenters. The van der Waals surface area contributed by atoms with Crippen LogP contribution in [0.25, 0.3) is 0 Å². The van der Waals surface area contributed by atoms with Crippen molar-refractivity contribution >= 4 is 0 Å². The lowest BCUT2D eigenvalue weighted by Gasteiger charge is -2.20. The smallest absolute Gasteiger partial charge is 0.167 e. The second-order valence-electron chi connectivity index (χ2n) is 3.42. The van der Waals surface area contributed by atoms with Crippen LogP contribution in [0.5, 0.6) is 0 Å². The fourth-order valence-electron chi connectivity index (χ4n) is 1.87. The van der Waals surface area contributed by atoms with Crippen LogP contribution < -0.4 is 0 Å². The molecule has 1 aliphatic carbocycles. The topological polar surface area (TPSA) is 36.3 Å². The van der Waals surface area contributed by atoms with Crippen molar-refractivity contribution in [1.82, 2.24) is 5.06 Å². The van der Waals surface area contributed by atoms with Gasteiger partial charge in [0.25, 0.3) is 0 Å². The van der Waals surface area contributed by atoms with Crippen LogP contribution in [0.2, 0.25) is 0 Å². The molecule has 0 amide bonds. The summed E-state index contributed by atoms with van der Waals surface area (Å²) in [6.07, 6.45) is 8.90. The molecule has 0 spiro atoms. The predicted molar refractivity (Wildman–Crippen MR) is 48.4 cm³/mol. The van der Waals surface area contributed by atoms with Gasteiger partial charge in [0.2, 0.25) is 0 Å². The van der Waals surface area contributed by atoms with Crippen molar-refractivity contribution in [2.75, 3.05) is 7.05 Å². The highest BCUT2D eigenvalue weighted by molar-refractivity contribution is 5.20. The molecule has 0 bridgehead atoms. The lowest BCUT2D eigenvalue weighted by atomic mass is 9.97. The van der Waals surface area contributed by atoms with Gasteiger partial charge < -0.3 is 0 Å². The molecule has 2 rings (SSSR count). The molecule has 0 N–H and O–H groups in total. The van der Waals surface area contributed by atoms with E-state index in [0.717, 1.165) is 6.42 Å². The molecule has 0 radical (unpaired) electrons. The van der Waals surface area contributed by atoms with Gasteiger partial charge in [0, 0.05) is 25.4 Å². The molecule has 3 heteroatoms. The second kappa shape index (κ2) is 3.33. The number of allylic oxidation sites excluding steroid dienone is 2. The standard InChI is InChI=1S/C10H12N2O/c1-12-10(6-9(7-11)13-12)8-4-2-3-5-8/h2-5,8-10H,6H2,1H3. The van der Waals surface area contributed by atoms with Gasteiger partial charge in [0.1, 0.15) is 0 Å². The van der Waals surface area contributed by atoms with Crippen molar-refractivity contribution < 1.29 is 4.84 Å². The first-order chi connectivity index (χ1) is 6.31. The van der Waals surface area contributed by atoms with Crippen LogP contribution in [0.4, 0.5) is 0 Å². The Hall–Kier alpha value is -1.11. The zero-order valence-corrected chi connectivity index (χ0v) is 7.55. The number of hydroxylamine groups is 2. The zero-order valence-electron chi connectivity index (χ0n) is 7.55. The number of nitrogens with zero attached hydrogens (tertiary/aromatic N) is 2. The van der Waals surface area contributed by atoms with Crippen LogP contribution in [0, 0.1) is 17.2 Å². The molecule has 68 valence electrons. The lowest BCUT2D eigenvalue weighted by Crippen LogP contribution is -2.29. The summed E-state index contributed by atoms with van der Waals surface area (Å²) in [5.41, 5.74) is 0. The molecule has 0 aromatic carbocycles.